The van der Waals surface area contributed by atoms with E-state index < -0.39 is 5.60 Å². The molecule has 4 aliphatic rings. The number of aliphatic hydroxyl groups is 2. The van der Waals surface area contributed by atoms with Crippen molar-refractivity contribution in [1.82, 2.24) is 0 Å². The fourth-order valence-corrected chi connectivity index (χ4v) is 10.5. The molecule has 2 N–H and O–H groups in total. The Bertz CT molecular complexity index is 699. The molecule has 32 heavy (non-hydrogen) atoms. The largest absolute Gasteiger partial charge is 0.393 e. The number of aliphatic hydroxyl groups excluding tert-OH is 1. The summed E-state index contributed by atoms with van der Waals surface area (Å²) in [5.41, 5.74) is 0.424. The second-order valence-electron chi connectivity index (χ2n) is 14.7. The van der Waals surface area contributed by atoms with Crippen molar-refractivity contribution in [3.8, 4) is 0 Å². The maximum Gasteiger partial charge on any atom is 0.0706 e. The Morgan fingerprint density at radius 2 is 1.34 bits per heavy atom. The van der Waals surface area contributed by atoms with Crippen LogP contribution in [0.2, 0.25) is 0 Å². The first-order valence-corrected chi connectivity index (χ1v) is 14.1. The summed E-state index contributed by atoms with van der Waals surface area (Å²) in [7, 11) is 0. The summed E-state index contributed by atoms with van der Waals surface area (Å²) < 4.78 is 0. The monoisotopic (exact) mass is 446 g/mol. The number of hydrogen-bond donors (Lipinski definition) is 2. The molecule has 0 aromatic carbocycles. The molecular weight excluding hydrogens is 392 g/mol. The molecule has 4 rings (SSSR count). The Balaban J connectivity index is 1.60. The van der Waals surface area contributed by atoms with Crippen LogP contribution in [0.25, 0.3) is 0 Å². The minimum absolute atomic E-state index is 0.0213. The Labute approximate surface area is 199 Å². The molecule has 0 amide bonds. The van der Waals surface area contributed by atoms with Crippen LogP contribution < -0.4 is 0 Å². The highest BCUT2D eigenvalue weighted by Crippen LogP contribution is 2.76. The summed E-state index contributed by atoms with van der Waals surface area (Å²) in [6.45, 7) is 19.4. The third-order valence-electron chi connectivity index (χ3n) is 12.8. The van der Waals surface area contributed by atoms with E-state index in [1.165, 1.54) is 57.8 Å². The zero-order chi connectivity index (χ0) is 23.7. The first kappa shape index (κ1) is 25.0. The van der Waals surface area contributed by atoms with Crippen molar-refractivity contribution in [3.05, 3.63) is 0 Å². The van der Waals surface area contributed by atoms with Crippen LogP contribution in [0.3, 0.4) is 0 Å². The summed E-state index contributed by atoms with van der Waals surface area (Å²) in [6.07, 6.45) is 12.9. The highest BCUT2D eigenvalue weighted by Gasteiger charge is 2.71. The summed E-state index contributed by atoms with van der Waals surface area (Å²) in [5.74, 6) is 2.96. The molecule has 0 aromatic heterocycles. The summed E-state index contributed by atoms with van der Waals surface area (Å²) in [6, 6.07) is 0. The second-order valence-corrected chi connectivity index (χ2v) is 14.7. The number of hydrogen-bond acceptors (Lipinski definition) is 2. The van der Waals surface area contributed by atoms with Crippen molar-refractivity contribution in [3.63, 3.8) is 0 Å². The first-order valence-electron chi connectivity index (χ1n) is 14.1. The van der Waals surface area contributed by atoms with Gasteiger partial charge in [0.15, 0.2) is 0 Å². The lowest BCUT2D eigenvalue weighted by molar-refractivity contribution is -0.232. The molecule has 0 spiro atoms. The van der Waals surface area contributed by atoms with Crippen LogP contribution in [0.1, 0.15) is 126 Å². The van der Waals surface area contributed by atoms with E-state index in [1.807, 2.05) is 0 Å². The van der Waals surface area contributed by atoms with Gasteiger partial charge >= 0.3 is 0 Å². The van der Waals surface area contributed by atoms with Gasteiger partial charge in [0.1, 0.15) is 0 Å². The van der Waals surface area contributed by atoms with Crippen molar-refractivity contribution < 1.29 is 10.2 Å². The molecule has 4 aliphatic carbocycles. The second kappa shape index (κ2) is 7.97. The van der Waals surface area contributed by atoms with E-state index in [0.717, 1.165) is 24.7 Å². The predicted octanol–water partition coefficient (Wildman–Crippen LogP) is 7.61. The van der Waals surface area contributed by atoms with Crippen molar-refractivity contribution >= 4 is 0 Å². The molecule has 0 saturated heterocycles. The highest BCUT2D eigenvalue weighted by molar-refractivity contribution is 5.20. The molecule has 4 saturated carbocycles. The third kappa shape index (κ3) is 3.31. The van der Waals surface area contributed by atoms with E-state index >= 15 is 0 Å². The van der Waals surface area contributed by atoms with Crippen LogP contribution in [-0.2, 0) is 0 Å². The average molecular weight is 447 g/mol. The van der Waals surface area contributed by atoms with Crippen molar-refractivity contribution in [1.29, 1.82) is 0 Å². The molecule has 0 heterocycles. The van der Waals surface area contributed by atoms with Gasteiger partial charge in [-0.25, -0.2) is 0 Å². The average Bonchev–Trinajstić information content (AvgIpc) is 2.98. The third-order valence-corrected chi connectivity index (χ3v) is 12.8. The molecular formula is C30H54O2. The number of rotatable bonds is 5. The molecule has 0 aliphatic heterocycles. The molecule has 0 aromatic rings. The molecule has 9 atom stereocenters. The molecule has 0 bridgehead atoms. The maximum absolute atomic E-state index is 12.2. The Kier molecular flexibility index (Phi) is 6.24. The van der Waals surface area contributed by atoms with E-state index in [9.17, 15) is 10.2 Å². The van der Waals surface area contributed by atoms with Gasteiger partial charge in [0.2, 0.25) is 0 Å². The summed E-state index contributed by atoms with van der Waals surface area (Å²) in [4.78, 5) is 0. The van der Waals surface area contributed by atoms with Crippen LogP contribution in [-0.4, -0.2) is 21.9 Å². The van der Waals surface area contributed by atoms with Gasteiger partial charge in [-0.15, -0.1) is 0 Å². The SMILES string of the molecule is CC(C)CCC[C@@H](C)[C@@]1(O)CC[C@@]2(C)[C@H]1CC[C@H]1[C@@]3(C)CC[C@H](O)C(C)(C)[C@@H]3CC[C@@]12C. The van der Waals surface area contributed by atoms with Crippen LogP contribution in [0.4, 0.5) is 0 Å². The van der Waals surface area contributed by atoms with Gasteiger partial charge in [-0.1, -0.05) is 68.2 Å². The van der Waals surface area contributed by atoms with Gasteiger partial charge in [0.25, 0.3) is 0 Å². The first-order chi connectivity index (χ1) is 14.7. The molecule has 2 heteroatoms. The maximum atomic E-state index is 12.2. The van der Waals surface area contributed by atoms with Gasteiger partial charge in [-0.05, 0) is 109 Å². The summed E-state index contributed by atoms with van der Waals surface area (Å²) in [5, 5.41) is 23.0. The standard InChI is InChI=1S/C30H54O2/c1-20(2)10-9-11-21(3)30(32)19-18-29(8)24(30)13-12-23-27(6)16-15-25(31)26(4,5)22(27)14-17-28(23,29)7/h20-25,31-32H,9-19H2,1-8H3/t21-,22+,23+,24-,25+,27+,28+,29+,30+/m1/s1. The number of fused-ring (bicyclic) bond motifs is 5. The minimum Gasteiger partial charge on any atom is -0.393 e. The smallest absolute Gasteiger partial charge is 0.0706 e. The summed E-state index contributed by atoms with van der Waals surface area (Å²) >= 11 is 0. The lowest BCUT2D eigenvalue weighted by Gasteiger charge is -2.70. The molecule has 2 nitrogen and oxygen atoms in total. The van der Waals surface area contributed by atoms with Crippen LogP contribution >= 0.6 is 0 Å². The fourth-order valence-electron chi connectivity index (χ4n) is 10.5. The zero-order valence-corrected chi connectivity index (χ0v) is 22.6. The van der Waals surface area contributed by atoms with Crippen molar-refractivity contribution in [2.45, 2.75) is 138 Å². The van der Waals surface area contributed by atoms with E-state index in [4.69, 9.17) is 0 Å². The lowest BCUT2D eigenvalue weighted by atomic mass is 9.35. The zero-order valence-electron chi connectivity index (χ0n) is 22.6. The quantitative estimate of drug-likeness (QED) is 0.456. The molecule has 4 fully saturated rings. The van der Waals surface area contributed by atoms with E-state index in [1.54, 1.807) is 0 Å². The Hall–Kier alpha value is -0.0800. The molecule has 0 radical (unpaired) electrons. The van der Waals surface area contributed by atoms with Gasteiger partial charge in [-0.3, -0.25) is 0 Å². The van der Waals surface area contributed by atoms with Crippen molar-refractivity contribution in [2.24, 2.45) is 51.2 Å². The van der Waals surface area contributed by atoms with Crippen LogP contribution in [0.15, 0.2) is 0 Å². The van der Waals surface area contributed by atoms with Gasteiger partial charge in [0, 0.05) is 0 Å². The topological polar surface area (TPSA) is 40.5 Å². The van der Waals surface area contributed by atoms with Crippen LogP contribution in [0.5, 0.6) is 0 Å². The van der Waals surface area contributed by atoms with Gasteiger partial charge < -0.3 is 10.2 Å². The van der Waals surface area contributed by atoms with E-state index in [2.05, 4.69) is 55.4 Å². The Morgan fingerprint density at radius 3 is 2.00 bits per heavy atom. The normalized spacial score (nSPS) is 51.1. The highest BCUT2D eigenvalue weighted by atomic mass is 16.3. The van der Waals surface area contributed by atoms with Crippen molar-refractivity contribution in [2.75, 3.05) is 0 Å². The molecule has 186 valence electrons. The van der Waals surface area contributed by atoms with Gasteiger partial charge in [-0.2, -0.15) is 0 Å². The minimum atomic E-state index is -0.473. The van der Waals surface area contributed by atoms with E-state index in [-0.39, 0.29) is 16.9 Å². The lowest BCUT2D eigenvalue weighted by Crippen LogP contribution is -2.65. The van der Waals surface area contributed by atoms with Crippen LogP contribution in [0, 0.1) is 51.2 Å². The fraction of sp³-hybridized carbons (Fsp3) is 1.00. The molecule has 0 unspecified atom stereocenters. The van der Waals surface area contributed by atoms with E-state index in [0.29, 0.717) is 28.6 Å². The van der Waals surface area contributed by atoms with Gasteiger partial charge in [0.05, 0.1) is 11.7 Å². The Morgan fingerprint density at radius 1 is 0.719 bits per heavy atom. The predicted molar refractivity (Wildman–Crippen MR) is 134 cm³/mol.